The number of amides is 1. The second-order valence-corrected chi connectivity index (χ2v) is 11.1. The average Bonchev–Trinajstić information content (AvgIpc) is 3.24. The van der Waals surface area contributed by atoms with Crippen LogP contribution in [-0.2, 0) is 11.3 Å². The van der Waals surface area contributed by atoms with Gasteiger partial charge in [0.1, 0.15) is 16.9 Å². The summed E-state index contributed by atoms with van der Waals surface area (Å²) in [7, 11) is 0. The number of ether oxygens (including phenoxy) is 1. The van der Waals surface area contributed by atoms with Gasteiger partial charge in [-0.2, -0.15) is 0 Å². The van der Waals surface area contributed by atoms with Gasteiger partial charge >= 0.3 is 6.09 Å². The van der Waals surface area contributed by atoms with Crippen molar-refractivity contribution < 1.29 is 13.9 Å². The van der Waals surface area contributed by atoms with Crippen LogP contribution in [0.15, 0.2) is 65.6 Å². The molecule has 204 valence electrons. The lowest BCUT2D eigenvalue weighted by Crippen LogP contribution is -2.49. The normalized spacial score (nSPS) is 15.9. The van der Waals surface area contributed by atoms with Crippen LogP contribution in [0.3, 0.4) is 0 Å². The van der Waals surface area contributed by atoms with Gasteiger partial charge in [0, 0.05) is 36.0 Å². The molecule has 1 saturated heterocycles. The second-order valence-electron chi connectivity index (χ2n) is 10.7. The fourth-order valence-electron chi connectivity index (χ4n) is 4.87. The van der Waals surface area contributed by atoms with Crippen LogP contribution in [0.25, 0.3) is 16.7 Å². The molecule has 4 aromatic rings. The molecule has 39 heavy (non-hydrogen) atoms. The van der Waals surface area contributed by atoms with Crippen molar-refractivity contribution in [1.82, 2.24) is 19.4 Å². The first kappa shape index (κ1) is 26.7. The number of anilines is 1. The molecule has 0 spiro atoms. The zero-order valence-electron chi connectivity index (χ0n) is 22.2. The van der Waals surface area contributed by atoms with E-state index < -0.39 is 11.7 Å². The van der Waals surface area contributed by atoms with Gasteiger partial charge in [0.25, 0.3) is 5.56 Å². The molecular formula is C29H31ClFN5O3. The number of pyridine rings is 1. The lowest BCUT2D eigenvalue weighted by atomic mass is 10.1. The molecular weight excluding hydrogens is 521 g/mol. The van der Waals surface area contributed by atoms with E-state index in [0.29, 0.717) is 47.3 Å². The highest BCUT2D eigenvalue weighted by Crippen LogP contribution is 2.27. The molecule has 1 atom stereocenters. The van der Waals surface area contributed by atoms with Crippen molar-refractivity contribution in [3.8, 4) is 5.69 Å². The molecule has 1 aliphatic rings. The molecule has 1 aliphatic heterocycles. The third-order valence-electron chi connectivity index (χ3n) is 6.59. The van der Waals surface area contributed by atoms with Gasteiger partial charge in [-0.3, -0.25) is 9.36 Å². The number of nitrogens with one attached hydrogen (secondary N) is 1. The van der Waals surface area contributed by atoms with E-state index in [9.17, 15) is 14.0 Å². The van der Waals surface area contributed by atoms with Gasteiger partial charge in [-0.15, -0.1) is 0 Å². The third kappa shape index (κ3) is 5.93. The number of piperidine rings is 1. The van der Waals surface area contributed by atoms with E-state index >= 15 is 0 Å². The number of aromatic nitrogens is 3. The quantitative estimate of drug-likeness (QED) is 0.353. The number of benzene rings is 2. The number of carbonyl (C=O) groups excluding carboxylic acids is 1. The molecule has 1 amide bonds. The molecule has 8 nitrogen and oxygen atoms in total. The maximum atomic E-state index is 13.8. The molecule has 0 aliphatic carbocycles. The number of hydrogen-bond acceptors (Lipinski definition) is 5. The number of imidazole rings is 1. The summed E-state index contributed by atoms with van der Waals surface area (Å²) in [5.41, 5.74) is 1.49. The first-order valence-electron chi connectivity index (χ1n) is 12.9. The highest BCUT2D eigenvalue weighted by atomic mass is 35.5. The van der Waals surface area contributed by atoms with E-state index in [2.05, 4.69) is 10.2 Å². The Morgan fingerprint density at radius 3 is 2.62 bits per heavy atom. The zero-order chi connectivity index (χ0) is 27.7. The highest BCUT2D eigenvalue weighted by Gasteiger charge is 2.28. The van der Waals surface area contributed by atoms with Crippen LogP contribution in [0.2, 0.25) is 5.02 Å². The van der Waals surface area contributed by atoms with Crippen molar-refractivity contribution >= 4 is 34.7 Å². The van der Waals surface area contributed by atoms with Crippen molar-refractivity contribution in [3.05, 3.63) is 87.6 Å². The van der Waals surface area contributed by atoms with Crippen molar-refractivity contribution in [2.75, 3.05) is 18.0 Å². The van der Waals surface area contributed by atoms with Gasteiger partial charge in [0.15, 0.2) is 0 Å². The van der Waals surface area contributed by atoms with E-state index in [0.717, 1.165) is 18.4 Å². The molecule has 0 radical (unpaired) electrons. The van der Waals surface area contributed by atoms with Gasteiger partial charge in [-0.25, -0.2) is 14.2 Å². The third-order valence-corrected chi connectivity index (χ3v) is 6.96. The van der Waals surface area contributed by atoms with Crippen molar-refractivity contribution in [1.29, 1.82) is 0 Å². The van der Waals surface area contributed by atoms with Gasteiger partial charge in [-0.05, 0) is 75.6 Å². The Hall–Kier alpha value is -3.85. The minimum atomic E-state index is -0.591. The van der Waals surface area contributed by atoms with Gasteiger partial charge in [0.05, 0.1) is 12.1 Å². The Bertz CT molecular complexity index is 1560. The van der Waals surface area contributed by atoms with Crippen LogP contribution < -0.4 is 15.8 Å². The Labute approximate surface area is 231 Å². The summed E-state index contributed by atoms with van der Waals surface area (Å²) in [5, 5.41) is 3.56. The van der Waals surface area contributed by atoms with Crippen LogP contribution in [0.5, 0.6) is 0 Å². The molecule has 3 heterocycles. The van der Waals surface area contributed by atoms with E-state index in [1.54, 1.807) is 24.4 Å². The molecule has 0 unspecified atom stereocenters. The van der Waals surface area contributed by atoms with E-state index in [-0.39, 0.29) is 17.4 Å². The fourth-order valence-corrected chi connectivity index (χ4v) is 5.07. The molecule has 1 fully saturated rings. The lowest BCUT2D eigenvalue weighted by molar-refractivity contribution is 0.0499. The first-order chi connectivity index (χ1) is 18.6. The van der Waals surface area contributed by atoms with Crippen LogP contribution >= 0.6 is 11.6 Å². The molecule has 10 heteroatoms. The standard InChI is InChI=1S/C29H31ClFN5O3/c1-29(2,3)39-28(38)32-21-8-6-15-34(18-21)27-33-24-14-16-35(22-12-10-20(31)11-13-22)26(37)25(24)36(27)17-19-7-4-5-9-23(19)30/h4-5,7,9-14,16,21H,6,8,15,17-18H2,1-3H3,(H,32,38)/t21-/m1/s1. The number of rotatable bonds is 5. The van der Waals surface area contributed by atoms with Crippen LogP contribution in [0.4, 0.5) is 15.1 Å². The second kappa shape index (κ2) is 10.7. The molecule has 5 rings (SSSR count). The summed E-state index contributed by atoms with van der Waals surface area (Å²) in [4.78, 5) is 33.2. The molecule has 0 saturated carbocycles. The van der Waals surface area contributed by atoms with Gasteiger partial charge < -0.3 is 19.5 Å². The SMILES string of the molecule is CC(C)(C)OC(=O)N[C@@H]1CCCN(c2nc3ccn(-c4ccc(F)cc4)c(=O)c3n2Cc2ccccc2Cl)C1. The average molecular weight is 552 g/mol. The zero-order valence-corrected chi connectivity index (χ0v) is 22.9. The summed E-state index contributed by atoms with van der Waals surface area (Å²) in [6.07, 6.45) is 2.83. The summed E-state index contributed by atoms with van der Waals surface area (Å²) in [6.45, 7) is 7.04. The maximum Gasteiger partial charge on any atom is 0.407 e. The molecule has 1 N–H and O–H groups in total. The monoisotopic (exact) mass is 551 g/mol. The van der Waals surface area contributed by atoms with Gasteiger partial charge in [-0.1, -0.05) is 29.8 Å². The van der Waals surface area contributed by atoms with Crippen molar-refractivity contribution in [2.24, 2.45) is 0 Å². The number of nitrogens with zero attached hydrogens (tertiary/aromatic N) is 4. The largest absolute Gasteiger partial charge is 0.444 e. The van der Waals surface area contributed by atoms with Crippen molar-refractivity contribution in [3.63, 3.8) is 0 Å². The van der Waals surface area contributed by atoms with Gasteiger partial charge in [0.2, 0.25) is 5.95 Å². The highest BCUT2D eigenvalue weighted by molar-refractivity contribution is 6.31. The number of halogens is 2. The van der Waals surface area contributed by atoms with Crippen molar-refractivity contribution in [2.45, 2.75) is 51.8 Å². The molecule has 2 aromatic carbocycles. The summed E-state index contributed by atoms with van der Waals surface area (Å²) in [6, 6.07) is 14.9. The minimum absolute atomic E-state index is 0.141. The maximum absolute atomic E-state index is 13.8. The Balaban J connectivity index is 1.56. The summed E-state index contributed by atoms with van der Waals surface area (Å²) < 4.78 is 22.4. The predicted molar refractivity (Wildman–Crippen MR) is 150 cm³/mol. The Kier molecular flexibility index (Phi) is 7.36. The van der Waals surface area contributed by atoms with Crippen LogP contribution in [-0.4, -0.2) is 44.9 Å². The molecule has 2 aromatic heterocycles. The van der Waals surface area contributed by atoms with E-state index in [1.807, 2.05) is 49.6 Å². The van der Waals surface area contributed by atoms with Crippen LogP contribution in [0, 0.1) is 5.82 Å². The topological polar surface area (TPSA) is 81.4 Å². The summed E-state index contributed by atoms with van der Waals surface area (Å²) in [5.74, 6) is 0.244. The Morgan fingerprint density at radius 1 is 1.15 bits per heavy atom. The number of alkyl carbamates (subject to hydrolysis) is 1. The van der Waals surface area contributed by atoms with E-state index in [4.69, 9.17) is 21.3 Å². The Morgan fingerprint density at radius 2 is 1.90 bits per heavy atom. The van der Waals surface area contributed by atoms with E-state index in [1.165, 1.54) is 16.7 Å². The number of hydrogen-bond donors (Lipinski definition) is 1. The smallest absolute Gasteiger partial charge is 0.407 e. The lowest BCUT2D eigenvalue weighted by Gasteiger charge is -2.34. The number of carbonyl (C=O) groups is 1. The summed E-state index contributed by atoms with van der Waals surface area (Å²) >= 11 is 6.52. The van der Waals surface area contributed by atoms with Crippen LogP contribution in [0.1, 0.15) is 39.2 Å². The first-order valence-corrected chi connectivity index (χ1v) is 13.3. The number of fused-ring (bicyclic) bond motifs is 1. The fraction of sp³-hybridized carbons (Fsp3) is 0.345. The minimum Gasteiger partial charge on any atom is -0.444 e. The predicted octanol–water partition coefficient (Wildman–Crippen LogP) is 5.52. The molecule has 0 bridgehead atoms.